The molecule has 0 aliphatic heterocycles. The first-order valence-electron chi connectivity index (χ1n) is 7.99. The summed E-state index contributed by atoms with van der Waals surface area (Å²) in [6.07, 6.45) is 5.39. The van der Waals surface area contributed by atoms with Gasteiger partial charge in [0.2, 0.25) is 0 Å². The molecule has 0 aromatic heterocycles. The number of nitrogens with one attached hydrogen (secondary N) is 1. The predicted octanol–water partition coefficient (Wildman–Crippen LogP) is 3.64. The third-order valence-corrected chi connectivity index (χ3v) is 4.60. The molecule has 1 saturated carbocycles. The molecule has 1 fully saturated rings. The minimum absolute atomic E-state index is 0.160. The van der Waals surface area contributed by atoms with Crippen molar-refractivity contribution in [2.75, 3.05) is 0 Å². The van der Waals surface area contributed by atoms with Crippen LogP contribution in [0.15, 0.2) is 30.3 Å². The topological polar surface area (TPSA) is 32.3 Å². The number of aliphatic hydroxyl groups is 1. The molecular weight excluding hydrogens is 246 g/mol. The van der Waals surface area contributed by atoms with E-state index < -0.39 is 0 Å². The molecule has 2 rings (SSSR count). The molecule has 2 nitrogen and oxygen atoms in total. The summed E-state index contributed by atoms with van der Waals surface area (Å²) in [5.41, 5.74) is 1.55. The largest absolute Gasteiger partial charge is 0.392 e. The van der Waals surface area contributed by atoms with Gasteiger partial charge in [-0.15, -0.1) is 0 Å². The van der Waals surface area contributed by atoms with E-state index in [-0.39, 0.29) is 17.6 Å². The van der Waals surface area contributed by atoms with Crippen LogP contribution in [0.5, 0.6) is 0 Å². The predicted molar refractivity (Wildman–Crippen MR) is 84.9 cm³/mol. The Morgan fingerprint density at radius 1 is 1.20 bits per heavy atom. The molecule has 3 unspecified atom stereocenters. The maximum absolute atomic E-state index is 10.1. The molecule has 0 heterocycles. The normalized spacial score (nSPS) is 25.4. The smallest absolute Gasteiger partial charge is 0.0693 e. The maximum atomic E-state index is 10.1. The molecule has 2 heteroatoms. The van der Waals surface area contributed by atoms with E-state index in [2.05, 4.69) is 56.4 Å². The summed E-state index contributed by atoms with van der Waals surface area (Å²) >= 11 is 0. The molecule has 1 aliphatic carbocycles. The Kier molecular flexibility index (Phi) is 5.22. The molecule has 20 heavy (non-hydrogen) atoms. The average Bonchev–Trinajstić information content (AvgIpc) is 2.42. The summed E-state index contributed by atoms with van der Waals surface area (Å²) in [7, 11) is 0. The summed E-state index contributed by atoms with van der Waals surface area (Å²) in [5, 5.41) is 13.7. The van der Waals surface area contributed by atoms with Gasteiger partial charge >= 0.3 is 0 Å². The van der Waals surface area contributed by atoms with E-state index in [0.29, 0.717) is 6.04 Å². The number of hydrogen-bond acceptors (Lipinski definition) is 2. The zero-order valence-electron chi connectivity index (χ0n) is 13.1. The highest BCUT2D eigenvalue weighted by molar-refractivity contribution is 5.23. The van der Waals surface area contributed by atoms with Crippen LogP contribution < -0.4 is 5.32 Å². The lowest BCUT2D eigenvalue weighted by Gasteiger charge is -2.35. The first-order valence-corrected chi connectivity index (χ1v) is 7.99. The zero-order chi connectivity index (χ0) is 14.6. The van der Waals surface area contributed by atoms with Crippen LogP contribution in [0, 0.1) is 0 Å². The molecule has 1 aromatic rings. The van der Waals surface area contributed by atoms with Crippen molar-refractivity contribution in [2.45, 2.75) is 76.5 Å². The number of aliphatic hydroxyl groups excluding tert-OH is 1. The van der Waals surface area contributed by atoms with Crippen LogP contribution in [0.3, 0.4) is 0 Å². The minimum Gasteiger partial charge on any atom is -0.392 e. The highest BCUT2D eigenvalue weighted by atomic mass is 16.3. The molecular formula is C18H29NO. The Morgan fingerprint density at radius 3 is 2.50 bits per heavy atom. The molecule has 112 valence electrons. The van der Waals surface area contributed by atoms with Crippen molar-refractivity contribution in [2.24, 2.45) is 0 Å². The lowest BCUT2D eigenvalue weighted by atomic mass is 9.79. The van der Waals surface area contributed by atoms with Crippen LogP contribution in [-0.4, -0.2) is 23.3 Å². The van der Waals surface area contributed by atoms with Crippen LogP contribution in [0.2, 0.25) is 0 Å². The number of rotatable bonds is 5. The van der Waals surface area contributed by atoms with E-state index in [9.17, 15) is 5.11 Å². The molecule has 0 amide bonds. The second-order valence-electron chi connectivity index (χ2n) is 6.98. The molecule has 0 spiro atoms. The monoisotopic (exact) mass is 275 g/mol. The minimum atomic E-state index is -0.161. The molecule has 2 N–H and O–H groups in total. The van der Waals surface area contributed by atoms with Crippen LogP contribution in [0.25, 0.3) is 0 Å². The fraction of sp³-hybridized carbons (Fsp3) is 0.667. The molecule has 0 bridgehead atoms. The van der Waals surface area contributed by atoms with Gasteiger partial charge in [0.15, 0.2) is 0 Å². The van der Waals surface area contributed by atoms with Gasteiger partial charge in [-0.3, -0.25) is 0 Å². The second kappa shape index (κ2) is 6.73. The molecule has 0 radical (unpaired) electrons. The van der Waals surface area contributed by atoms with Crippen LogP contribution in [-0.2, 0) is 5.41 Å². The maximum Gasteiger partial charge on any atom is 0.0693 e. The highest BCUT2D eigenvalue weighted by Gasteiger charge is 2.27. The van der Waals surface area contributed by atoms with Crippen molar-refractivity contribution in [3.8, 4) is 0 Å². The van der Waals surface area contributed by atoms with E-state index in [1.165, 1.54) is 18.4 Å². The van der Waals surface area contributed by atoms with Gasteiger partial charge in [-0.25, -0.2) is 0 Å². The Morgan fingerprint density at radius 2 is 1.85 bits per heavy atom. The van der Waals surface area contributed by atoms with Crippen molar-refractivity contribution in [1.82, 2.24) is 5.32 Å². The molecule has 1 aromatic carbocycles. The Hall–Kier alpha value is -0.860. The summed E-state index contributed by atoms with van der Waals surface area (Å²) in [4.78, 5) is 0. The van der Waals surface area contributed by atoms with Crippen molar-refractivity contribution < 1.29 is 5.11 Å². The Bertz CT molecular complexity index is 401. The van der Waals surface area contributed by atoms with Crippen LogP contribution in [0.1, 0.15) is 58.4 Å². The SMILES string of the molecule is CC(CC(C)(C)c1ccccc1)NC1CCCCC1O. The van der Waals surface area contributed by atoms with Crippen LogP contribution >= 0.6 is 0 Å². The van der Waals surface area contributed by atoms with E-state index in [0.717, 1.165) is 19.3 Å². The molecule has 3 atom stereocenters. The van der Waals surface area contributed by atoms with E-state index in [1.54, 1.807) is 0 Å². The third-order valence-electron chi connectivity index (χ3n) is 4.60. The van der Waals surface area contributed by atoms with Crippen molar-refractivity contribution in [3.05, 3.63) is 35.9 Å². The van der Waals surface area contributed by atoms with E-state index in [4.69, 9.17) is 0 Å². The van der Waals surface area contributed by atoms with Crippen molar-refractivity contribution >= 4 is 0 Å². The van der Waals surface area contributed by atoms with E-state index in [1.807, 2.05) is 0 Å². The first-order chi connectivity index (χ1) is 9.49. The van der Waals surface area contributed by atoms with Crippen molar-refractivity contribution in [1.29, 1.82) is 0 Å². The average molecular weight is 275 g/mol. The quantitative estimate of drug-likeness (QED) is 0.860. The molecule has 1 aliphatic rings. The van der Waals surface area contributed by atoms with Gasteiger partial charge in [0.05, 0.1) is 6.10 Å². The van der Waals surface area contributed by atoms with Gasteiger partial charge in [0.1, 0.15) is 0 Å². The lowest BCUT2D eigenvalue weighted by molar-refractivity contribution is 0.0838. The molecule has 0 saturated heterocycles. The fourth-order valence-corrected chi connectivity index (χ4v) is 3.50. The van der Waals surface area contributed by atoms with Gasteiger partial charge < -0.3 is 10.4 Å². The Balaban J connectivity index is 1.91. The van der Waals surface area contributed by atoms with Gasteiger partial charge in [0.25, 0.3) is 0 Å². The highest BCUT2D eigenvalue weighted by Crippen LogP contribution is 2.29. The van der Waals surface area contributed by atoms with Crippen LogP contribution in [0.4, 0.5) is 0 Å². The lowest BCUT2D eigenvalue weighted by Crippen LogP contribution is -2.47. The Labute approximate surface area is 123 Å². The standard InChI is InChI=1S/C18H29NO/c1-14(19-16-11-7-8-12-17(16)20)13-18(2,3)15-9-5-4-6-10-15/h4-6,9-10,14,16-17,19-20H,7-8,11-13H2,1-3H3. The van der Waals surface area contributed by atoms with Gasteiger partial charge in [-0.1, -0.05) is 57.0 Å². The summed E-state index contributed by atoms with van der Waals surface area (Å²) in [5.74, 6) is 0. The summed E-state index contributed by atoms with van der Waals surface area (Å²) in [6.45, 7) is 6.85. The summed E-state index contributed by atoms with van der Waals surface area (Å²) in [6, 6.07) is 11.4. The number of benzene rings is 1. The zero-order valence-corrected chi connectivity index (χ0v) is 13.1. The van der Waals surface area contributed by atoms with Gasteiger partial charge in [-0.2, -0.15) is 0 Å². The third kappa shape index (κ3) is 4.07. The van der Waals surface area contributed by atoms with Gasteiger partial charge in [-0.05, 0) is 37.2 Å². The number of hydrogen-bond donors (Lipinski definition) is 2. The second-order valence-corrected chi connectivity index (χ2v) is 6.98. The van der Waals surface area contributed by atoms with Crippen molar-refractivity contribution in [3.63, 3.8) is 0 Å². The fourth-order valence-electron chi connectivity index (χ4n) is 3.50. The summed E-state index contributed by atoms with van der Waals surface area (Å²) < 4.78 is 0. The first kappa shape index (κ1) is 15.5. The van der Waals surface area contributed by atoms with E-state index >= 15 is 0 Å². The van der Waals surface area contributed by atoms with Gasteiger partial charge in [0, 0.05) is 12.1 Å².